The van der Waals surface area contributed by atoms with Crippen LogP contribution in [0.3, 0.4) is 0 Å². The van der Waals surface area contributed by atoms with Crippen molar-refractivity contribution in [1.29, 1.82) is 0 Å². The summed E-state index contributed by atoms with van der Waals surface area (Å²) in [5, 5.41) is 2.69. The third kappa shape index (κ3) is 6.30. The number of ether oxygens (including phenoxy) is 1. The number of likely N-dealkylation sites (N-methyl/N-ethyl adjacent to an activating group) is 1. The van der Waals surface area contributed by atoms with Crippen molar-refractivity contribution in [2.75, 3.05) is 26.2 Å². The number of rotatable bonds is 9. The number of benzene rings is 2. The van der Waals surface area contributed by atoms with Crippen LogP contribution in [0.25, 0.3) is 0 Å². The van der Waals surface area contributed by atoms with Gasteiger partial charge in [0.2, 0.25) is 0 Å². The number of ketones is 1. The molecule has 1 fully saturated rings. The van der Waals surface area contributed by atoms with E-state index in [1.807, 2.05) is 62.1 Å². The van der Waals surface area contributed by atoms with Crippen LogP contribution in [0.4, 0.5) is 0 Å². The summed E-state index contributed by atoms with van der Waals surface area (Å²) in [6.07, 6.45) is 1.58. The second-order valence-electron chi connectivity index (χ2n) is 9.76. The van der Waals surface area contributed by atoms with E-state index in [-0.39, 0.29) is 30.1 Å². The van der Waals surface area contributed by atoms with Crippen molar-refractivity contribution >= 4 is 28.9 Å². The minimum absolute atomic E-state index is 0.0210. The van der Waals surface area contributed by atoms with Gasteiger partial charge in [-0.1, -0.05) is 36.4 Å². The molecular weight excluding hydrogens is 498 g/mol. The lowest BCUT2D eigenvalue weighted by Crippen LogP contribution is -2.43. The number of Topliss-reactive ketones (excluding diaryl/α,β-unsaturated/α-hetero) is 1. The zero-order chi connectivity index (χ0) is 27.2. The number of amides is 2. The van der Waals surface area contributed by atoms with Gasteiger partial charge in [0, 0.05) is 36.5 Å². The molecule has 0 aliphatic carbocycles. The van der Waals surface area contributed by atoms with E-state index in [1.165, 1.54) is 16.9 Å². The van der Waals surface area contributed by atoms with Crippen molar-refractivity contribution in [2.24, 2.45) is 0 Å². The fourth-order valence-electron chi connectivity index (χ4n) is 4.71. The molecule has 0 saturated carbocycles. The van der Waals surface area contributed by atoms with Crippen molar-refractivity contribution in [3.63, 3.8) is 0 Å². The molecule has 1 aliphatic heterocycles. The molecule has 1 aromatic heterocycles. The van der Waals surface area contributed by atoms with Crippen molar-refractivity contribution in [2.45, 2.75) is 52.5 Å². The molecule has 1 saturated heterocycles. The summed E-state index contributed by atoms with van der Waals surface area (Å²) in [7, 11) is 0. The number of likely N-dealkylation sites (tertiary alicyclic amines) is 1. The number of hydrogen-bond acceptors (Lipinski definition) is 6. The molecule has 0 spiro atoms. The molecule has 0 N–H and O–H groups in total. The Kier molecular flexibility index (Phi) is 8.94. The van der Waals surface area contributed by atoms with Crippen LogP contribution in [0.2, 0.25) is 0 Å². The van der Waals surface area contributed by atoms with Gasteiger partial charge in [-0.15, -0.1) is 11.3 Å². The van der Waals surface area contributed by atoms with Gasteiger partial charge >= 0.3 is 0 Å². The first kappa shape index (κ1) is 27.5. The van der Waals surface area contributed by atoms with E-state index in [1.54, 1.807) is 29.3 Å². The van der Waals surface area contributed by atoms with Crippen LogP contribution in [0.5, 0.6) is 5.75 Å². The molecule has 7 nitrogen and oxygen atoms in total. The standard InChI is InChI=1S/C30H35N3O4S/c1-5-33(22(4)28(35)23-9-7-6-8-10-23)30(36)26-19-38-29(31-26)24-13-15-32(16-14-24)27(34)18-37-25-12-11-20(2)21(3)17-25/h6-12,17,19,22,24H,5,13-16,18H2,1-4H3. The second kappa shape index (κ2) is 12.3. The molecule has 1 unspecified atom stereocenters. The summed E-state index contributed by atoms with van der Waals surface area (Å²) in [5.74, 6) is 0.562. The van der Waals surface area contributed by atoms with Crippen molar-refractivity contribution in [3.05, 3.63) is 81.3 Å². The topological polar surface area (TPSA) is 79.8 Å². The normalized spacial score (nSPS) is 14.7. The molecule has 2 amide bonds. The van der Waals surface area contributed by atoms with Gasteiger partial charge in [0.1, 0.15) is 11.4 Å². The summed E-state index contributed by atoms with van der Waals surface area (Å²) in [5.41, 5.74) is 3.29. The van der Waals surface area contributed by atoms with Gasteiger partial charge in [0.05, 0.1) is 11.0 Å². The lowest BCUT2D eigenvalue weighted by molar-refractivity contribution is -0.134. The van der Waals surface area contributed by atoms with Crippen LogP contribution >= 0.6 is 11.3 Å². The summed E-state index contributed by atoms with van der Waals surface area (Å²) in [6, 6.07) is 14.3. The fourth-order valence-corrected chi connectivity index (χ4v) is 5.68. The zero-order valence-corrected chi connectivity index (χ0v) is 23.3. The number of hydrogen-bond donors (Lipinski definition) is 0. The predicted octanol–water partition coefficient (Wildman–Crippen LogP) is 5.28. The summed E-state index contributed by atoms with van der Waals surface area (Å²) in [4.78, 5) is 47.0. The van der Waals surface area contributed by atoms with Crippen molar-refractivity contribution in [1.82, 2.24) is 14.8 Å². The van der Waals surface area contributed by atoms with Gasteiger partial charge in [-0.3, -0.25) is 14.4 Å². The van der Waals surface area contributed by atoms with Gasteiger partial charge in [-0.05, 0) is 63.8 Å². The molecule has 2 heterocycles. The third-order valence-corrected chi connectivity index (χ3v) is 8.29. The van der Waals surface area contributed by atoms with Crippen LogP contribution < -0.4 is 4.74 Å². The molecule has 2 aromatic carbocycles. The maximum Gasteiger partial charge on any atom is 0.273 e. The quantitative estimate of drug-likeness (QED) is 0.350. The Morgan fingerprint density at radius 2 is 1.79 bits per heavy atom. The zero-order valence-electron chi connectivity index (χ0n) is 22.5. The minimum Gasteiger partial charge on any atom is -0.484 e. The first-order valence-corrected chi connectivity index (χ1v) is 14.0. The third-order valence-electron chi connectivity index (χ3n) is 7.29. The van der Waals surface area contributed by atoms with Crippen LogP contribution in [-0.4, -0.2) is 64.7 Å². The average molecular weight is 534 g/mol. The van der Waals surface area contributed by atoms with Crippen molar-refractivity contribution in [3.8, 4) is 5.75 Å². The number of nitrogens with zero attached hydrogens (tertiary/aromatic N) is 3. The highest BCUT2D eigenvalue weighted by molar-refractivity contribution is 7.09. The smallest absolute Gasteiger partial charge is 0.273 e. The molecular formula is C30H35N3O4S. The van der Waals surface area contributed by atoms with E-state index in [4.69, 9.17) is 4.74 Å². The maximum atomic E-state index is 13.3. The van der Waals surface area contributed by atoms with Gasteiger partial charge in [-0.2, -0.15) is 0 Å². The maximum absolute atomic E-state index is 13.3. The van der Waals surface area contributed by atoms with E-state index in [9.17, 15) is 14.4 Å². The number of aromatic nitrogens is 1. The highest BCUT2D eigenvalue weighted by Gasteiger charge is 2.30. The monoisotopic (exact) mass is 533 g/mol. The molecule has 1 atom stereocenters. The van der Waals surface area contributed by atoms with Gasteiger partial charge in [0.15, 0.2) is 12.4 Å². The largest absolute Gasteiger partial charge is 0.484 e. The lowest BCUT2D eigenvalue weighted by atomic mass is 9.97. The van der Waals surface area contributed by atoms with Crippen LogP contribution in [0, 0.1) is 13.8 Å². The van der Waals surface area contributed by atoms with Gasteiger partial charge in [-0.25, -0.2) is 4.98 Å². The molecule has 200 valence electrons. The highest BCUT2D eigenvalue weighted by Crippen LogP contribution is 2.31. The van der Waals surface area contributed by atoms with Crippen LogP contribution in [0.15, 0.2) is 53.9 Å². The molecule has 0 radical (unpaired) electrons. The summed E-state index contributed by atoms with van der Waals surface area (Å²) < 4.78 is 5.73. The number of carbonyl (C=O) groups excluding carboxylic acids is 3. The van der Waals surface area contributed by atoms with E-state index >= 15 is 0 Å². The summed E-state index contributed by atoms with van der Waals surface area (Å²) in [6.45, 7) is 9.40. The Bertz CT molecular complexity index is 1280. The SMILES string of the molecule is CCN(C(=O)c1csc(C2CCN(C(=O)COc3ccc(C)c(C)c3)CC2)n1)C(C)C(=O)c1ccccc1. The first-order valence-electron chi connectivity index (χ1n) is 13.1. The van der Waals surface area contributed by atoms with E-state index in [2.05, 4.69) is 4.98 Å². The Morgan fingerprint density at radius 1 is 1.08 bits per heavy atom. The molecule has 4 rings (SSSR count). The molecule has 0 bridgehead atoms. The van der Waals surface area contributed by atoms with E-state index in [0.717, 1.165) is 23.4 Å². The molecule has 1 aliphatic rings. The Morgan fingerprint density at radius 3 is 2.45 bits per heavy atom. The molecule has 3 aromatic rings. The Labute approximate surface area is 228 Å². The van der Waals surface area contributed by atoms with Crippen LogP contribution in [-0.2, 0) is 4.79 Å². The Hall–Kier alpha value is -3.52. The number of aryl methyl sites for hydroxylation is 2. The molecule has 38 heavy (non-hydrogen) atoms. The van der Waals surface area contributed by atoms with Crippen molar-refractivity contribution < 1.29 is 19.1 Å². The highest BCUT2D eigenvalue weighted by atomic mass is 32.1. The fraction of sp³-hybridized carbons (Fsp3) is 0.400. The first-order chi connectivity index (χ1) is 18.3. The number of piperidine rings is 1. The molecule has 8 heteroatoms. The number of carbonyl (C=O) groups is 3. The second-order valence-corrected chi connectivity index (χ2v) is 10.6. The number of thiazole rings is 1. The van der Waals surface area contributed by atoms with E-state index < -0.39 is 6.04 Å². The average Bonchev–Trinajstić information content (AvgIpc) is 3.44. The summed E-state index contributed by atoms with van der Waals surface area (Å²) >= 11 is 1.48. The minimum atomic E-state index is -0.583. The Balaban J connectivity index is 1.31. The van der Waals surface area contributed by atoms with E-state index in [0.29, 0.717) is 36.6 Å². The predicted molar refractivity (Wildman–Crippen MR) is 149 cm³/mol. The van der Waals surface area contributed by atoms with Gasteiger partial charge in [0.25, 0.3) is 11.8 Å². The van der Waals surface area contributed by atoms with Gasteiger partial charge < -0.3 is 14.5 Å². The van der Waals surface area contributed by atoms with Crippen LogP contribution in [0.1, 0.15) is 69.6 Å². The lowest BCUT2D eigenvalue weighted by Gasteiger charge is -2.31.